The Bertz CT molecular complexity index is 394. The van der Waals surface area contributed by atoms with Crippen molar-refractivity contribution >= 4 is 33.3 Å². The monoisotopic (exact) mass is 332 g/mol. The largest absolute Gasteiger partial charge is 0.369 e. The van der Waals surface area contributed by atoms with Gasteiger partial charge in [-0.1, -0.05) is 18.5 Å². The number of halogens is 2. The summed E-state index contributed by atoms with van der Waals surface area (Å²) in [6.07, 6.45) is 3.98. The van der Waals surface area contributed by atoms with Crippen LogP contribution >= 0.6 is 27.5 Å². The summed E-state index contributed by atoms with van der Waals surface area (Å²) in [6.45, 7) is 6.73. The Kier molecular flexibility index (Phi) is 5.21. The molecule has 4 nitrogen and oxygen atoms in total. The van der Waals surface area contributed by atoms with Crippen LogP contribution in [0.1, 0.15) is 19.8 Å². The Morgan fingerprint density at radius 2 is 2.17 bits per heavy atom. The van der Waals surface area contributed by atoms with Crippen molar-refractivity contribution in [3.63, 3.8) is 0 Å². The lowest BCUT2D eigenvalue weighted by Gasteiger charge is -2.31. The predicted octanol–water partition coefficient (Wildman–Crippen LogP) is 3.04. The van der Waals surface area contributed by atoms with Crippen molar-refractivity contribution in [3.8, 4) is 0 Å². The molecule has 18 heavy (non-hydrogen) atoms. The molecule has 0 radical (unpaired) electrons. The topological polar surface area (TPSA) is 41.0 Å². The van der Waals surface area contributed by atoms with Gasteiger partial charge in [-0.05, 0) is 54.3 Å². The van der Waals surface area contributed by atoms with Crippen molar-refractivity contribution in [2.75, 3.05) is 31.5 Å². The zero-order valence-electron chi connectivity index (χ0n) is 10.5. The summed E-state index contributed by atoms with van der Waals surface area (Å²) >= 11 is 9.33. The van der Waals surface area contributed by atoms with Crippen molar-refractivity contribution in [2.45, 2.75) is 19.8 Å². The van der Waals surface area contributed by atoms with Crippen LogP contribution in [0.15, 0.2) is 10.8 Å². The lowest BCUT2D eigenvalue weighted by atomic mass is 9.97. The standard InChI is InChI=1S/C12H18BrClN4/c1-2-18-5-3-9(4-6-18)7-15-12-10(13)11(14)16-8-17-12/h8-9H,2-7H2,1H3,(H,15,16,17). The van der Waals surface area contributed by atoms with Gasteiger partial charge in [-0.25, -0.2) is 9.97 Å². The molecule has 2 rings (SSSR count). The molecule has 1 aromatic rings. The maximum Gasteiger partial charge on any atom is 0.148 e. The Hall–Kier alpha value is -0.390. The Labute approximate surface area is 121 Å². The summed E-state index contributed by atoms with van der Waals surface area (Å²) < 4.78 is 0.748. The molecule has 1 fully saturated rings. The minimum Gasteiger partial charge on any atom is -0.369 e. The molecule has 1 aromatic heterocycles. The van der Waals surface area contributed by atoms with Crippen molar-refractivity contribution in [1.82, 2.24) is 14.9 Å². The second-order valence-electron chi connectivity index (χ2n) is 4.59. The van der Waals surface area contributed by atoms with Crippen molar-refractivity contribution in [3.05, 3.63) is 16.0 Å². The van der Waals surface area contributed by atoms with E-state index < -0.39 is 0 Å². The van der Waals surface area contributed by atoms with Gasteiger partial charge >= 0.3 is 0 Å². The molecule has 0 spiro atoms. The minimum atomic E-state index is 0.452. The van der Waals surface area contributed by atoms with Crippen LogP contribution in [0.25, 0.3) is 0 Å². The van der Waals surface area contributed by atoms with Gasteiger partial charge in [0.1, 0.15) is 17.3 Å². The Balaban J connectivity index is 1.83. The van der Waals surface area contributed by atoms with Crippen LogP contribution < -0.4 is 5.32 Å². The van der Waals surface area contributed by atoms with Gasteiger partial charge in [-0.3, -0.25) is 0 Å². The second-order valence-corrected chi connectivity index (χ2v) is 5.74. The summed E-state index contributed by atoms with van der Waals surface area (Å²) in [7, 11) is 0. The third kappa shape index (κ3) is 3.56. The molecule has 0 aliphatic carbocycles. The lowest BCUT2D eigenvalue weighted by molar-refractivity contribution is 0.198. The second kappa shape index (κ2) is 6.68. The van der Waals surface area contributed by atoms with Gasteiger partial charge in [-0.2, -0.15) is 0 Å². The fourth-order valence-electron chi connectivity index (χ4n) is 2.22. The van der Waals surface area contributed by atoms with Gasteiger partial charge in [0.15, 0.2) is 0 Å². The van der Waals surface area contributed by atoms with E-state index in [0.29, 0.717) is 11.1 Å². The highest BCUT2D eigenvalue weighted by Gasteiger charge is 2.18. The number of nitrogens with one attached hydrogen (secondary N) is 1. The third-order valence-electron chi connectivity index (χ3n) is 3.46. The van der Waals surface area contributed by atoms with Crippen LogP contribution in [-0.4, -0.2) is 41.0 Å². The number of piperidine rings is 1. The van der Waals surface area contributed by atoms with E-state index >= 15 is 0 Å². The van der Waals surface area contributed by atoms with E-state index in [2.05, 4.69) is 43.0 Å². The van der Waals surface area contributed by atoms with Crippen LogP contribution in [0.4, 0.5) is 5.82 Å². The van der Waals surface area contributed by atoms with E-state index in [1.807, 2.05) is 0 Å². The first-order valence-corrected chi connectivity index (χ1v) is 7.50. The first kappa shape index (κ1) is 14.0. The zero-order valence-corrected chi connectivity index (χ0v) is 12.8. The number of likely N-dealkylation sites (tertiary alicyclic amines) is 1. The average molecular weight is 334 g/mol. The van der Waals surface area contributed by atoms with Crippen LogP contribution in [0.5, 0.6) is 0 Å². The first-order valence-electron chi connectivity index (χ1n) is 6.33. The van der Waals surface area contributed by atoms with E-state index in [0.717, 1.165) is 23.4 Å². The Morgan fingerprint density at radius 3 is 2.83 bits per heavy atom. The molecular formula is C12H18BrClN4. The van der Waals surface area contributed by atoms with Gasteiger partial charge in [0.05, 0.1) is 4.47 Å². The molecule has 0 atom stereocenters. The lowest BCUT2D eigenvalue weighted by Crippen LogP contribution is -2.35. The van der Waals surface area contributed by atoms with E-state index in [-0.39, 0.29) is 0 Å². The molecule has 6 heteroatoms. The van der Waals surface area contributed by atoms with Crippen molar-refractivity contribution in [1.29, 1.82) is 0 Å². The molecular weight excluding hydrogens is 316 g/mol. The van der Waals surface area contributed by atoms with E-state index in [4.69, 9.17) is 11.6 Å². The van der Waals surface area contributed by atoms with Crippen LogP contribution in [0.3, 0.4) is 0 Å². The summed E-state index contributed by atoms with van der Waals surface area (Å²) in [5.74, 6) is 1.50. The van der Waals surface area contributed by atoms with Crippen LogP contribution in [0, 0.1) is 5.92 Å². The third-order valence-corrected chi connectivity index (χ3v) is 4.73. The summed E-state index contributed by atoms with van der Waals surface area (Å²) in [5.41, 5.74) is 0. The maximum absolute atomic E-state index is 5.93. The molecule has 0 bridgehead atoms. The smallest absolute Gasteiger partial charge is 0.148 e. The number of anilines is 1. The van der Waals surface area contributed by atoms with Gasteiger partial charge in [0.2, 0.25) is 0 Å². The molecule has 0 amide bonds. The fourth-order valence-corrected chi connectivity index (χ4v) is 2.70. The minimum absolute atomic E-state index is 0.452. The van der Waals surface area contributed by atoms with Crippen molar-refractivity contribution < 1.29 is 0 Å². The van der Waals surface area contributed by atoms with E-state index in [1.54, 1.807) is 0 Å². The molecule has 100 valence electrons. The average Bonchev–Trinajstić information content (AvgIpc) is 2.41. The molecule has 0 aromatic carbocycles. The zero-order chi connectivity index (χ0) is 13.0. The number of hydrogen-bond acceptors (Lipinski definition) is 4. The molecule has 1 N–H and O–H groups in total. The number of nitrogens with zero attached hydrogens (tertiary/aromatic N) is 3. The SMILES string of the molecule is CCN1CCC(CNc2ncnc(Cl)c2Br)CC1. The predicted molar refractivity (Wildman–Crippen MR) is 78.1 cm³/mol. The molecule has 0 saturated carbocycles. The Morgan fingerprint density at radius 1 is 1.44 bits per heavy atom. The van der Waals surface area contributed by atoms with Crippen molar-refractivity contribution in [2.24, 2.45) is 5.92 Å². The molecule has 1 aliphatic heterocycles. The number of hydrogen-bond donors (Lipinski definition) is 1. The molecule has 2 heterocycles. The van der Waals surface area contributed by atoms with Crippen LogP contribution in [0.2, 0.25) is 5.15 Å². The van der Waals surface area contributed by atoms with E-state index in [1.165, 1.54) is 32.3 Å². The van der Waals surface area contributed by atoms with E-state index in [9.17, 15) is 0 Å². The van der Waals surface area contributed by atoms with Crippen LogP contribution in [-0.2, 0) is 0 Å². The normalized spacial score (nSPS) is 17.9. The highest BCUT2D eigenvalue weighted by molar-refractivity contribution is 9.10. The summed E-state index contributed by atoms with van der Waals surface area (Å²) in [4.78, 5) is 10.6. The first-order chi connectivity index (χ1) is 8.70. The van der Waals surface area contributed by atoms with Gasteiger partial charge < -0.3 is 10.2 Å². The van der Waals surface area contributed by atoms with Gasteiger partial charge in [0.25, 0.3) is 0 Å². The summed E-state index contributed by atoms with van der Waals surface area (Å²) in [6, 6.07) is 0. The fraction of sp³-hybridized carbons (Fsp3) is 0.667. The molecule has 1 saturated heterocycles. The highest BCUT2D eigenvalue weighted by Crippen LogP contribution is 2.26. The molecule has 0 unspecified atom stereocenters. The van der Waals surface area contributed by atoms with Gasteiger partial charge in [-0.15, -0.1) is 0 Å². The quantitative estimate of drug-likeness (QED) is 0.860. The number of aromatic nitrogens is 2. The maximum atomic E-state index is 5.93. The number of rotatable bonds is 4. The summed E-state index contributed by atoms with van der Waals surface area (Å²) in [5, 5.41) is 3.81. The highest BCUT2D eigenvalue weighted by atomic mass is 79.9. The van der Waals surface area contributed by atoms with Gasteiger partial charge in [0, 0.05) is 6.54 Å². The molecule has 1 aliphatic rings.